The quantitative estimate of drug-likeness (QED) is 0.646. The van der Waals surface area contributed by atoms with Crippen LogP contribution in [0.3, 0.4) is 0 Å². The summed E-state index contributed by atoms with van der Waals surface area (Å²) in [5, 5.41) is 9.76. The lowest BCUT2D eigenvalue weighted by Crippen LogP contribution is -2.58. The molecule has 0 spiro atoms. The minimum absolute atomic E-state index is 0.0414. The first kappa shape index (κ1) is 10.9. The van der Waals surface area contributed by atoms with Crippen molar-refractivity contribution >= 4 is 0 Å². The van der Waals surface area contributed by atoms with E-state index in [0.717, 1.165) is 6.42 Å². The molecular weight excluding hydrogens is 170 g/mol. The van der Waals surface area contributed by atoms with Crippen molar-refractivity contribution in [2.45, 2.75) is 44.8 Å². The Morgan fingerprint density at radius 1 is 1.54 bits per heavy atom. The maximum atomic E-state index is 9.76. The number of aliphatic hydroxyl groups excluding tert-OH is 1. The molecule has 1 heterocycles. The van der Waals surface area contributed by atoms with Crippen molar-refractivity contribution in [3.63, 3.8) is 0 Å². The summed E-state index contributed by atoms with van der Waals surface area (Å²) >= 11 is 0. The zero-order chi connectivity index (χ0) is 10.0. The summed E-state index contributed by atoms with van der Waals surface area (Å²) in [5.74, 6) is 0.0754. The molecule has 0 aromatic carbocycles. The zero-order valence-corrected chi connectivity index (χ0v) is 8.43. The van der Waals surface area contributed by atoms with Gasteiger partial charge in [-0.25, -0.2) is 0 Å². The van der Waals surface area contributed by atoms with Crippen LogP contribution in [0.2, 0.25) is 0 Å². The minimum Gasteiger partial charge on any atom is -0.391 e. The lowest BCUT2D eigenvalue weighted by molar-refractivity contribution is -0.234. The molecule has 0 aromatic rings. The molecule has 1 aliphatic rings. The SMILES string of the molecule is CCC1O[C@@H](OC)C(N)C(O)[C@H]1C. The third-order valence-electron chi connectivity index (χ3n) is 2.78. The van der Waals surface area contributed by atoms with Crippen LogP contribution in [-0.2, 0) is 9.47 Å². The van der Waals surface area contributed by atoms with Crippen molar-refractivity contribution in [2.75, 3.05) is 7.11 Å². The Morgan fingerprint density at radius 2 is 2.15 bits per heavy atom. The van der Waals surface area contributed by atoms with E-state index in [1.165, 1.54) is 0 Å². The second kappa shape index (κ2) is 4.37. The van der Waals surface area contributed by atoms with Crippen molar-refractivity contribution in [2.24, 2.45) is 11.7 Å². The first-order valence-electron chi connectivity index (χ1n) is 4.73. The number of hydrogen-bond donors (Lipinski definition) is 2. The van der Waals surface area contributed by atoms with Crippen LogP contribution in [0.5, 0.6) is 0 Å². The van der Waals surface area contributed by atoms with Gasteiger partial charge in [0.25, 0.3) is 0 Å². The Kier molecular flexibility index (Phi) is 3.67. The molecule has 78 valence electrons. The molecule has 0 amide bonds. The zero-order valence-electron chi connectivity index (χ0n) is 8.43. The van der Waals surface area contributed by atoms with Crippen LogP contribution >= 0.6 is 0 Å². The van der Waals surface area contributed by atoms with Crippen LogP contribution in [0.1, 0.15) is 20.3 Å². The van der Waals surface area contributed by atoms with E-state index >= 15 is 0 Å². The van der Waals surface area contributed by atoms with Crippen molar-refractivity contribution in [1.29, 1.82) is 0 Å². The topological polar surface area (TPSA) is 64.7 Å². The summed E-state index contributed by atoms with van der Waals surface area (Å²) in [4.78, 5) is 0. The number of aliphatic hydroxyl groups is 1. The molecule has 4 nitrogen and oxygen atoms in total. The number of hydrogen-bond acceptors (Lipinski definition) is 4. The van der Waals surface area contributed by atoms with Crippen molar-refractivity contribution < 1.29 is 14.6 Å². The Balaban J connectivity index is 2.66. The molecule has 0 aliphatic carbocycles. The van der Waals surface area contributed by atoms with E-state index in [2.05, 4.69) is 0 Å². The van der Waals surface area contributed by atoms with Crippen LogP contribution in [0.25, 0.3) is 0 Å². The minimum atomic E-state index is -0.538. The molecule has 0 aromatic heterocycles. The monoisotopic (exact) mass is 189 g/mol. The highest BCUT2D eigenvalue weighted by atomic mass is 16.7. The first-order valence-corrected chi connectivity index (χ1v) is 4.73. The molecule has 1 rings (SSSR count). The van der Waals surface area contributed by atoms with Gasteiger partial charge in [0.1, 0.15) is 0 Å². The highest BCUT2D eigenvalue weighted by molar-refractivity contribution is 4.88. The van der Waals surface area contributed by atoms with Crippen molar-refractivity contribution in [3.05, 3.63) is 0 Å². The van der Waals surface area contributed by atoms with E-state index in [1.807, 2.05) is 13.8 Å². The second-order valence-electron chi connectivity index (χ2n) is 3.61. The molecule has 3 N–H and O–H groups in total. The number of rotatable bonds is 2. The number of methoxy groups -OCH3 is 1. The fourth-order valence-electron chi connectivity index (χ4n) is 1.80. The summed E-state index contributed by atoms with van der Waals surface area (Å²) in [6.45, 7) is 3.97. The van der Waals surface area contributed by atoms with Gasteiger partial charge < -0.3 is 20.3 Å². The number of nitrogens with two attached hydrogens (primary N) is 1. The molecule has 3 unspecified atom stereocenters. The molecule has 4 heteroatoms. The standard InChI is InChI=1S/C9H19NO3/c1-4-6-5(2)8(11)7(10)9(12-3)13-6/h5-9,11H,4,10H2,1-3H3/t5-,6?,7?,8?,9+/m0/s1. The van der Waals surface area contributed by atoms with Gasteiger partial charge in [-0.1, -0.05) is 13.8 Å². The maximum absolute atomic E-state index is 9.76. The van der Waals surface area contributed by atoms with Gasteiger partial charge in [-0.15, -0.1) is 0 Å². The van der Waals surface area contributed by atoms with E-state index in [-0.39, 0.29) is 12.0 Å². The molecule has 1 fully saturated rings. The van der Waals surface area contributed by atoms with Gasteiger partial charge >= 0.3 is 0 Å². The van der Waals surface area contributed by atoms with E-state index in [4.69, 9.17) is 15.2 Å². The van der Waals surface area contributed by atoms with Gasteiger partial charge in [0.15, 0.2) is 6.29 Å². The lowest BCUT2D eigenvalue weighted by atomic mass is 9.88. The molecule has 5 atom stereocenters. The molecule has 0 saturated carbocycles. The van der Waals surface area contributed by atoms with Gasteiger partial charge in [-0.05, 0) is 6.42 Å². The number of ether oxygens (including phenoxy) is 2. The third kappa shape index (κ3) is 2.02. The lowest BCUT2D eigenvalue weighted by Gasteiger charge is -2.41. The summed E-state index contributed by atoms with van der Waals surface area (Å²) in [6.07, 6.45) is -0.107. The summed E-state index contributed by atoms with van der Waals surface area (Å²) in [6, 6.07) is -0.442. The smallest absolute Gasteiger partial charge is 0.175 e. The average Bonchev–Trinajstić information content (AvgIpc) is 2.15. The average molecular weight is 189 g/mol. The van der Waals surface area contributed by atoms with Gasteiger partial charge in [0.05, 0.1) is 18.2 Å². The molecule has 1 saturated heterocycles. The van der Waals surface area contributed by atoms with E-state index < -0.39 is 18.4 Å². The largest absolute Gasteiger partial charge is 0.391 e. The molecule has 0 radical (unpaired) electrons. The van der Waals surface area contributed by atoms with Gasteiger partial charge in [-0.2, -0.15) is 0 Å². The van der Waals surface area contributed by atoms with Crippen LogP contribution in [0, 0.1) is 5.92 Å². The summed E-state index contributed by atoms with van der Waals surface area (Å²) in [7, 11) is 1.54. The molecule has 1 aliphatic heterocycles. The summed E-state index contributed by atoms with van der Waals surface area (Å²) in [5.41, 5.74) is 5.74. The third-order valence-corrected chi connectivity index (χ3v) is 2.78. The second-order valence-corrected chi connectivity index (χ2v) is 3.61. The van der Waals surface area contributed by atoms with Crippen molar-refractivity contribution in [1.82, 2.24) is 0 Å². The Hall–Kier alpha value is -0.160. The molecule has 0 bridgehead atoms. The van der Waals surface area contributed by atoms with Gasteiger partial charge in [-0.3, -0.25) is 0 Å². The van der Waals surface area contributed by atoms with Gasteiger partial charge in [0.2, 0.25) is 0 Å². The molecule has 13 heavy (non-hydrogen) atoms. The predicted molar refractivity (Wildman–Crippen MR) is 49.1 cm³/mol. The van der Waals surface area contributed by atoms with Crippen LogP contribution in [-0.4, -0.2) is 36.8 Å². The van der Waals surface area contributed by atoms with E-state index in [9.17, 15) is 5.11 Å². The van der Waals surface area contributed by atoms with Crippen LogP contribution < -0.4 is 5.73 Å². The van der Waals surface area contributed by atoms with Crippen molar-refractivity contribution in [3.8, 4) is 0 Å². The van der Waals surface area contributed by atoms with E-state index in [0.29, 0.717) is 0 Å². The Labute approximate surface area is 79.0 Å². The summed E-state index contributed by atoms with van der Waals surface area (Å²) < 4.78 is 10.6. The highest BCUT2D eigenvalue weighted by Gasteiger charge is 2.40. The maximum Gasteiger partial charge on any atom is 0.175 e. The highest BCUT2D eigenvalue weighted by Crippen LogP contribution is 2.26. The van der Waals surface area contributed by atoms with Crippen LogP contribution in [0.15, 0.2) is 0 Å². The van der Waals surface area contributed by atoms with Gasteiger partial charge in [0, 0.05) is 13.0 Å². The normalized spacial score (nSPS) is 46.4. The fraction of sp³-hybridized carbons (Fsp3) is 1.00. The van der Waals surface area contributed by atoms with E-state index in [1.54, 1.807) is 7.11 Å². The van der Waals surface area contributed by atoms with Crippen LogP contribution in [0.4, 0.5) is 0 Å². The first-order chi connectivity index (χ1) is 6.11. The Morgan fingerprint density at radius 3 is 2.62 bits per heavy atom. The fourth-order valence-corrected chi connectivity index (χ4v) is 1.80. The predicted octanol–water partition coefficient (Wildman–Crippen LogP) is 0.0920. The molecular formula is C9H19NO3. The Bertz CT molecular complexity index is 145.